The molecule has 2 rings (SSSR count). The molecule has 1 amide bonds. The van der Waals surface area contributed by atoms with E-state index in [1.807, 2.05) is 0 Å². The maximum Gasteiger partial charge on any atom is 0.326 e. The lowest BCUT2D eigenvalue weighted by molar-refractivity contribution is -0.143. The molecule has 1 aliphatic rings. The second-order valence-corrected chi connectivity index (χ2v) is 4.87. The van der Waals surface area contributed by atoms with E-state index >= 15 is 0 Å². The number of piperidine rings is 1. The molecule has 1 saturated heterocycles. The summed E-state index contributed by atoms with van der Waals surface area (Å²) in [5, 5.41) is 9.21. The zero-order valence-electron chi connectivity index (χ0n) is 11.6. The van der Waals surface area contributed by atoms with Gasteiger partial charge in [-0.25, -0.2) is 4.79 Å². The number of benzene rings is 1. The summed E-state index contributed by atoms with van der Waals surface area (Å²) in [6.45, 7) is 0.644. The summed E-state index contributed by atoms with van der Waals surface area (Å²) < 4.78 is 5.24. The summed E-state index contributed by atoms with van der Waals surface area (Å²) in [6.07, 6.45) is 7.27. The van der Waals surface area contributed by atoms with E-state index in [0.717, 1.165) is 12.8 Å². The highest BCUT2D eigenvalue weighted by atomic mass is 16.5. The fourth-order valence-electron chi connectivity index (χ4n) is 2.42. The van der Waals surface area contributed by atoms with E-state index < -0.39 is 12.0 Å². The summed E-state index contributed by atoms with van der Waals surface area (Å²) in [6, 6.07) is 5.83. The van der Waals surface area contributed by atoms with Crippen LogP contribution in [0.4, 0.5) is 0 Å². The van der Waals surface area contributed by atoms with E-state index in [0.29, 0.717) is 24.3 Å². The number of hydrogen-bond acceptors (Lipinski definition) is 3. The van der Waals surface area contributed by atoms with Crippen LogP contribution in [0.25, 0.3) is 0 Å². The van der Waals surface area contributed by atoms with Crippen LogP contribution in [0.3, 0.4) is 0 Å². The van der Waals surface area contributed by atoms with Crippen molar-refractivity contribution in [1.29, 1.82) is 0 Å². The highest BCUT2D eigenvalue weighted by Crippen LogP contribution is 2.21. The number of carboxylic acids is 1. The molecule has 0 bridgehead atoms. The molecule has 0 aliphatic carbocycles. The molecule has 110 valence electrons. The summed E-state index contributed by atoms with van der Waals surface area (Å²) in [5.41, 5.74) is 0.455. The molecule has 1 N–H and O–H groups in total. The van der Waals surface area contributed by atoms with E-state index in [1.54, 1.807) is 24.3 Å². The summed E-state index contributed by atoms with van der Waals surface area (Å²) >= 11 is 0. The first-order valence-electron chi connectivity index (χ1n) is 6.83. The maximum atomic E-state index is 12.4. The van der Waals surface area contributed by atoms with E-state index in [9.17, 15) is 14.7 Å². The van der Waals surface area contributed by atoms with Gasteiger partial charge in [0.05, 0.1) is 0 Å². The quantitative estimate of drug-likeness (QED) is 0.857. The predicted molar refractivity (Wildman–Crippen MR) is 77.1 cm³/mol. The van der Waals surface area contributed by atoms with Gasteiger partial charge in [-0.1, -0.05) is 5.92 Å². The molecule has 5 nitrogen and oxygen atoms in total. The first-order chi connectivity index (χ1) is 10.1. The van der Waals surface area contributed by atoms with Crippen LogP contribution in [0.2, 0.25) is 0 Å². The van der Waals surface area contributed by atoms with E-state index in [1.165, 1.54) is 4.90 Å². The van der Waals surface area contributed by atoms with Crippen LogP contribution in [-0.4, -0.2) is 41.1 Å². The Morgan fingerprint density at radius 3 is 2.67 bits per heavy atom. The number of nitrogens with zero attached hydrogens (tertiary/aromatic N) is 1. The molecule has 1 aromatic rings. The molecule has 0 spiro atoms. The van der Waals surface area contributed by atoms with Crippen LogP contribution >= 0.6 is 0 Å². The minimum atomic E-state index is -0.947. The Balaban J connectivity index is 2.11. The largest absolute Gasteiger partial charge is 0.481 e. The van der Waals surface area contributed by atoms with Gasteiger partial charge in [-0.3, -0.25) is 4.79 Å². The van der Waals surface area contributed by atoms with Gasteiger partial charge in [-0.2, -0.15) is 0 Å². The van der Waals surface area contributed by atoms with Gasteiger partial charge in [0.15, 0.2) is 0 Å². The zero-order chi connectivity index (χ0) is 15.2. The third-order valence-electron chi connectivity index (χ3n) is 3.47. The Labute approximate surface area is 123 Å². The molecule has 0 saturated carbocycles. The smallest absolute Gasteiger partial charge is 0.326 e. The Kier molecular flexibility index (Phi) is 4.83. The first-order valence-corrected chi connectivity index (χ1v) is 6.83. The van der Waals surface area contributed by atoms with Crippen LogP contribution in [0.15, 0.2) is 24.3 Å². The highest BCUT2D eigenvalue weighted by molar-refractivity contribution is 5.96. The monoisotopic (exact) mass is 287 g/mol. The molecule has 1 unspecified atom stereocenters. The second kappa shape index (κ2) is 6.80. The van der Waals surface area contributed by atoms with Crippen LogP contribution in [0.1, 0.15) is 29.6 Å². The molecule has 0 aromatic heterocycles. The number of aliphatic carboxylic acids is 1. The Hall–Kier alpha value is -2.48. The molecule has 5 heteroatoms. The SMILES string of the molecule is C#CCOc1ccc(C(=O)N2CCCCC2C(=O)O)cc1. The number of carbonyl (C=O) groups is 2. The number of likely N-dealkylation sites (tertiary alicyclic amines) is 1. The van der Waals surface area contributed by atoms with Gasteiger partial charge in [0.1, 0.15) is 18.4 Å². The maximum absolute atomic E-state index is 12.4. The number of ether oxygens (including phenoxy) is 1. The number of carbonyl (C=O) groups excluding carboxylic acids is 1. The van der Waals surface area contributed by atoms with Crippen molar-refractivity contribution in [3.8, 4) is 18.1 Å². The van der Waals surface area contributed by atoms with Gasteiger partial charge in [-0.05, 0) is 43.5 Å². The number of carboxylic acid groups (broad SMARTS) is 1. The lowest BCUT2D eigenvalue weighted by Crippen LogP contribution is -2.47. The normalized spacial score (nSPS) is 17.9. The van der Waals surface area contributed by atoms with Crippen molar-refractivity contribution >= 4 is 11.9 Å². The standard InChI is InChI=1S/C16H17NO4/c1-2-11-21-13-8-6-12(7-9-13)15(18)17-10-4-3-5-14(17)16(19)20/h1,6-9,14H,3-5,10-11H2,(H,19,20). The fourth-order valence-corrected chi connectivity index (χ4v) is 2.42. The summed E-state index contributed by atoms with van der Waals surface area (Å²) in [7, 11) is 0. The Morgan fingerprint density at radius 1 is 1.33 bits per heavy atom. The third kappa shape index (κ3) is 3.54. The van der Waals surface area contributed by atoms with Crippen LogP contribution < -0.4 is 4.74 Å². The number of amides is 1. The Morgan fingerprint density at radius 2 is 2.05 bits per heavy atom. The third-order valence-corrected chi connectivity index (χ3v) is 3.47. The van der Waals surface area contributed by atoms with Gasteiger partial charge in [0.2, 0.25) is 0 Å². The second-order valence-electron chi connectivity index (χ2n) is 4.87. The van der Waals surface area contributed by atoms with Crippen LogP contribution in [0.5, 0.6) is 5.75 Å². The van der Waals surface area contributed by atoms with Crippen molar-refractivity contribution in [3.63, 3.8) is 0 Å². The summed E-state index contributed by atoms with van der Waals surface area (Å²) in [4.78, 5) is 25.1. The van der Waals surface area contributed by atoms with E-state index in [-0.39, 0.29) is 12.5 Å². The fraction of sp³-hybridized carbons (Fsp3) is 0.375. The van der Waals surface area contributed by atoms with Gasteiger partial charge in [0, 0.05) is 12.1 Å². The lowest BCUT2D eigenvalue weighted by atomic mass is 10.0. The molecular formula is C16H17NO4. The van der Waals surface area contributed by atoms with Gasteiger partial charge in [0.25, 0.3) is 5.91 Å². The molecule has 1 heterocycles. The van der Waals surface area contributed by atoms with Crippen molar-refractivity contribution in [2.75, 3.05) is 13.2 Å². The molecule has 1 aromatic carbocycles. The Bertz CT molecular complexity index is 559. The molecule has 1 aliphatic heterocycles. The van der Waals surface area contributed by atoms with Crippen molar-refractivity contribution in [1.82, 2.24) is 4.90 Å². The summed E-state index contributed by atoms with van der Waals surface area (Å²) in [5.74, 6) is 1.74. The minimum Gasteiger partial charge on any atom is -0.481 e. The average molecular weight is 287 g/mol. The van der Waals surface area contributed by atoms with Gasteiger partial charge < -0.3 is 14.7 Å². The average Bonchev–Trinajstić information content (AvgIpc) is 2.52. The van der Waals surface area contributed by atoms with Gasteiger partial charge >= 0.3 is 5.97 Å². The highest BCUT2D eigenvalue weighted by Gasteiger charge is 2.32. The molecule has 1 atom stereocenters. The number of rotatable bonds is 4. The number of terminal acetylenes is 1. The first kappa shape index (κ1) is 14.9. The molecule has 0 radical (unpaired) electrons. The zero-order valence-corrected chi connectivity index (χ0v) is 11.6. The molecule has 21 heavy (non-hydrogen) atoms. The van der Waals surface area contributed by atoms with Crippen molar-refractivity contribution in [2.45, 2.75) is 25.3 Å². The van der Waals surface area contributed by atoms with Crippen molar-refractivity contribution in [3.05, 3.63) is 29.8 Å². The van der Waals surface area contributed by atoms with Crippen molar-refractivity contribution in [2.24, 2.45) is 0 Å². The van der Waals surface area contributed by atoms with E-state index in [4.69, 9.17) is 11.2 Å². The number of hydrogen-bond donors (Lipinski definition) is 1. The molecule has 1 fully saturated rings. The van der Waals surface area contributed by atoms with Crippen molar-refractivity contribution < 1.29 is 19.4 Å². The topological polar surface area (TPSA) is 66.8 Å². The van der Waals surface area contributed by atoms with Gasteiger partial charge in [-0.15, -0.1) is 6.42 Å². The lowest BCUT2D eigenvalue weighted by Gasteiger charge is -2.33. The van der Waals surface area contributed by atoms with Crippen LogP contribution in [-0.2, 0) is 4.79 Å². The molecular weight excluding hydrogens is 270 g/mol. The van der Waals surface area contributed by atoms with E-state index in [2.05, 4.69) is 5.92 Å². The van der Waals surface area contributed by atoms with Crippen LogP contribution in [0, 0.1) is 12.3 Å². The minimum absolute atomic E-state index is 0.167. The predicted octanol–water partition coefficient (Wildman–Crippen LogP) is 1.78.